The summed E-state index contributed by atoms with van der Waals surface area (Å²) >= 11 is 11.6. The summed E-state index contributed by atoms with van der Waals surface area (Å²) in [6.45, 7) is 0.495. The van der Waals surface area contributed by atoms with Crippen LogP contribution in [0.1, 0.15) is 12.8 Å². The third-order valence-electron chi connectivity index (χ3n) is 1.58. The van der Waals surface area contributed by atoms with Gasteiger partial charge in [-0.15, -0.1) is 0 Å². The fourth-order valence-electron chi connectivity index (χ4n) is 0.926. The molecule has 0 spiro atoms. The summed E-state index contributed by atoms with van der Waals surface area (Å²) in [4.78, 5) is 0. The minimum Gasteiger partial charge on any atom is -0.492 e. The lowest BCUT2D eigenvalue weighted by atomic mass is 10.3. The van der Waals surface area contributed by atoms with Gasteiger partial charge in [0.25, 0.3) is 0 Å². The predicted molar refractivity (Wildman–Crippen MR) is 56.8 cm³/mol. The van der Waals surface area contributed by atoms with Gasteiger partial charge in [0.05, 0.1) is 17.7 Å². The van der Waals surface area contributed by atoms with Crippen molar-refractivity contribution in [2.24, 2.45) is 0 Å². The second kappa shape index (κ2) is 5.74. The van der Waals surface area contributed by atoms with Crippen molar-refractivity contribution < 1.29 is 4.74 Å². The SMILES string of the molecule is N#CCCCOc1ccc(Cl)cc1Cl. The molecule has 0 saturated heterocycles. The Kier molecular flexibility index (Phi) is 4.58. The number of nitrogens with zero attached hydrogens (tertiary/aromatic N) is 1. The number of unbranched alkanes of at least 4 members (excludes halogenated alkanes) is 1. The van der Waals surface area contributed by atoms with Gasteiger partial charge in [0.1, 0.15) is 5.75 Å². The van der Waals surface area contributed by atoms with E-state index in [4.69, 9.17) is 33.2 Å². The van der Waals surface area contributed by atoms with E-state index in [1.807, 2.05) is 6.07 Å². The summed E-state index contributed by atoms with van der Waals surface area (Å²) < 4.78 is 5.35. The van der Waals surface area contributed by atoms with Crippen LogP contribution in [0.4, 0.5) is 0 Å². The molecule has 1 aromatic carbocycles. The molecule has 0 amide bonds. The monoisotopic (exact) mass is 229 g/mol. The average Bonchev–Trinajstić information content (AvgIpc) is 2.15. The molecule has 2 nitrogen and oxygen atoms in total. The summed E-state index contributed by atoms with van der Waals surface area (Å²) in [5, 5.41) is 9.38. The van der Waals surface area contributed by atoms with Gasteiger partial charge in [0, 0.05) is 11.4 Å². The first-order chi connectivity index (χ1) is 6.74. The minimum absolute atomic E-state index is 0.491. The average molecular weight is 230 g/mol. The van der Waals surface area contributed by atoms with Gasteiger partial charge in [0.15, 0.2) is 0 Å². The van der Waals surface area contributed by atoms with Crippen LogP contribution >= 0.6 is 23.2 Å². The van der Waals surface area contributed by atoms with Crippen LogP contribution in [0.3, 0.4) is 0 Å². The van der Waals surface area contributed by atoms with Crippen LogP contribution in [0.25, 0.3) is 0 Å². The number of hydrogen-bond donors (Lipinski definition) is 0. The summed E-state index contributed by atoms with van der Waals surface area (Å²) in [5.74, 6) is 0.606. The van der Waals surface area contributed by atoms with E-state index in [0.29, 0.717) is 35.2 Å². The van der Waals surface area contributed by atoms with Crippen molar-refractivity contribution >= 4 is 23.2 Å². The molecule has 4 heteroatoms. The van der Waals surface area contributed by atoms with Crippen molar-refractivity contribution in [3.05, 3.63) is 28.2 Å². The van der Waals surface area contributed by atoms with Gasteiger partial charge in [-0.3, -0.25) is 0 Å². The van der Waals surface area contributed by atoms with E-state index < -0.39 is 0 Å². The zero-order valence-electron chi connectivity index (χ0n) is 7.46. The highest BCUT2D eigenvalue weighted by Gasteiger charge is 2.01. The molecule has 0 unspecified atom stereocenters. The minimum atomic E-state index is 0.491. The van der Waals surface area contributed by atoms with E-state index in [1.165, 1.54) is 0 Å². The van der Waals surface area contributed by atoms with Crippen molar-refractivity contribution in [2.75, 3.05) is 6.61 Å². The molecule has 74 valence electrons. The smallest absolute Gasteiger partial charge is 0.137 e. The second-order valence-corrected chi connectivity index (χ2v) is 3.53. The Morgan fingerprint density at radius 3 is 2.79 bits per heavy atom. The normalized spacial score (nSPS) is 9.50. The van der Waals surface area contributed by atoms with E-state index >= 15 is 0 Å². The number of hydrogen-bond acceptors (Lipinski definition) is 2. The number of benzene rings is 1. The van der Waals surface area contributed by atoms with Crippen LogP contribution in [0.2, 0.25) is 10.0 Å². The van der Waals surface area contributed by atoms with Gasteiger partial charge in [-0.2, -0.15) is 5.26 Å². The van der Waals surface area contributed by atoms with E-state index in [2.05, 4.69) is 0 Å². The largest absolute Gasteiger partial charge is 0.492 e. The Bertz CT molecular complexity index is 346. The first-order valence-corrected chi connectivity index (χ1v) is 4.94. The number of halogens is 2. The highest BCUT2D eigenvalue weighted by molar-refractivity contribution is 6.35. The van der Waals surface area contributed by atoms with Crippen LogP contribution in [0.5, 0.6) is 5.75 Å². The number of ether oxygens (including phenoxy) is 1. The Morgan fingerprint density at radius 1 is 1.36 bits per heavy atom. The molecule has 0 bridgehead atoms. The highest BCUT2D eigenvalue weighted by atomic mass is 35.5. The van der Waals surface area contributed by atoms with Crippen molar-refractivity contribution in [3.63, 3.8) is 0 Å². The lowest BCUT2D eigenvalue weighted by Gasteiger charge is -2.06. The maximum Gasteiger partial charge on any atom is 0.137 e. The number of nitriles is 1. The van der Waals surface area contributed by atoms with E-state index in [-0.39, 0.29) is 0 Å². The molecule has 0 aliphatic carbocycles. The molecule has 0 aliphatic rings. The third kappa shape index (κ3) is 3.45. The van der Waals surface area contributed by atoms with E-state index in [0.717, 1.165) is 0 Å². The zero-order chi connectivity index (χ0) is 10.4. The summed E-state index contributed by atoms with van der Waals surface area (Å²) in [6.07, 6.45) is 1.20. The van der Waals surface area contributed by atoms with E-state index in [9.17, 15) is 0 Å². The molecule has 0 saturated carbocycles. The maximum atomic E-state index is 8.31. The standard InChI is InChI=1S/C10H9Cl2NO/c11-8-3-4-10(9(12)7-8)14-6-2-1-5-13/h3-4,7H,1-2,6H2. The molecule has 0 heterocycles. The molecule has 0 aliphatic heterocycles. The van der Waals surface area contributed by atoms with Gasteiger partial charge in [-0.25, -0.2) is 0 Å². The molecule has 0 radical (unpaired) electrons. The summed E-state index contributed by atoms with van der Waals surface area (Å²) in [5.41, 5.74) is 0. The van der Waals surface area contributed by atoms with E-state index in [1.54, 1.807) is 18.2 Å². The topological polar surface area (TPSA) is 33.0 Å². The molecular formula is C10H9Cl2NO. The van der Waals surface area contributed by atoms with Crippen LogP contribution in [-0.2, 0) is 0 Å². The Morgan fingerprint density at radius 2 is 2.14 bits per heavy atom. The number of rotatable bonds is 4. The molecule has 14 heavy (non-hydrogen) atoms. The molecule has 1 rings (SSSR count). The lowest BCUT2D eigenvalue weighted by Crippen LogP contribution is -1.96. The quantitative estimate of drug-likeness (QED) is 0.739. The Labute approximate surface area is 93.0 Å². The van der Waals surface area contributed by atoms with Gasteiger partial charge in [0.2, 0.25) is 0 Å². The van der Waals surface area contributed by atoms with Crippen molar-refractivity contribution in [1.82, 2.24) is 0 Å². The maximum absolute atomic E-state index is 8.31. The summed E-state index contributed by atoms with van der Waals surface area (Å²) in [7, 11) is 0. The summed E-state index contributed by atoms with van der Waals surface area (Å²) in [6, 6.07) is 7.11. The van der Waals surface area contributed by atoms with Crippen LogP contribution in [0.15, 0.2) is 18.2 Å². The van der Waals surface area contributed by atoms with Gasteiger partial charge < -0.3 is 4.74 Å². The molecule has 0 N–H and O–H groups in total. The van der Waals surface area contributed by atoms with Gasteiger partial charge in [-0.05, 0) is 24.6 Å². The molecule has 0 aromatic heterocycles. The van der Waals surface area contributed by atoms with Gasteiger partial charge in [-0.1, -0.05) is 23.2 Å². The fraction of sp³-hybridized carbons (Fsp3) is 0.300. The van der Waals surface area contributed by atoms with Gasteiger partial charge >= 0.3 is 0 Å². The lowest BCUT2D eigenvalue weighted by molar-refractivity contribution is 0.313. The molecule has 1 aromatic rings. The van der Waals surface area contributed by atoms with Crippen LogP contribution < -0.4 is 4.74 Å². The van der Waals surface area contributed by atoms with Crippen molar-refractivity contribution in [3.8, 4) is 11.8 Å². The molecule has 0 fully saturated rings. The Hall–Kier alpha value is -0.910. The third-order valence-corrected chi connectivity index (χ3v) is 2.11. The predicted octanol–water partition coefficient (Wildman–Crippen LogP) is 3.68. The Balaban J connectivity index is 2.47. The van der Waals surface area contributed by atoms with Crippen molar-refractivity contribution in [1.29, 1.82) is 5.26 Å². The van der Waals surface area contributed by atoms with Crippen LogP contribution in [-0.4, -0.2) is 6.61 Å². The fourth-order valence-corrected chi connectivity index (χ4v) is 1.39. The molecular weight excluding hydrogens is 221 g/mol. The van der Waals surface area contributed by atoms with Crippen LogP contribution in [0, 0.1) is 11.3 Å². The first kappa shape index (κ1) is 11.2. The second-order valence-electron chi connectivity index (χ2n) is 2.68. The molecule has 0 atom stereocenters. The first-order valence-electron chi connectivity index (χ1n) is 4.19. The highest BCUT2D eigenvalue weighted by Crippen LogP contribution is 2.27. The zero-order valence-corrected chi connectivity index (χ0v) is 8.98. The van der Waals surface area contributed by atoms with Crippen molar-refractivity contribution in [2.45, 2.75) is 12.8 Å².